The second-order valence-electron chi connectivity index (χ2n) is 7.41. The van der Waals surface area contributed by atoms with Gasteiger partial charge in [-0.25, -0.2) is 4.68 Å². The molecule has 0 radical (unpaired) electrons. The van der Waals surface area contributed by atoms with Crippen LogP contribution in [0.2, 0.25) is 0 Å². The minimum Gasteiger partial charge on any atom is -0.363 e. The summed E-state index contributed by atoms with van der Waals surface area (Å²) >= 11 is 0. The Morgan fingerprint density at radius 3 is 2.40 bits per heavy atom. The molecule has 1 aliphatic rings. The van der Waals surface area contributed by atoms with Gasteiger partial charge in [0.15, 0.2) is 11.7 Å². The SMILES string of the molecule is CN(Cc1ccccc1)C(=O)c1cc2n(n1)[C@@H](C(F)(F)F)C[C@@H](c1ccccc1)N2. The monoisotopic (exact) mass is 414 g/mol. The van der Waals surface area contributed by atoms with Crippen molar-refractivity contribution in [2.45, 2.75) is 31.2 Å². The Morgan fingerprint density at radius 2 is 1.77 bits per heavy atom. The second kappa shape index (κ2) is 7.85. The lowest BCUT2D eigenvalue weighted by molar-refractivity contribution is -0.173. The first-order valence-corrected chi connectivity index (χ1v) is 9.60. The van der Waals surface area contributed by atoms with E-state index in [0.29, 0.717) is 6.54 Å². The third kappa shape index (κ3) is 4.03. The summed E-state index contributed by atoms with van der Waals surface area (Å²) in [4.78, 5) is 14.3. The van der Waals surface area contributed by atoms with Crippen LogP contribution in [0.1, 0.15) is 40.1 Å². The third-order valence-corrected chi connectivity index (χ3v) is 5.22. The molecule has 2 aromatic carbocycles. The van der Waals surface area contributed by atoms with Crippen LogP contribution < -0.4 is 5.32 Å². The Labute approximate surface area is 172 Å². The van der Waals surface area contributed by atoms with Crippen LogP contribution in [-0.4, -0.2) is 33.8 Å². The van der Waals surface area contributed by atoms with E-state index in [2.05, 4.69) is 10.4 Å². The molecule has 0 saturated carbocycles. The highest BCUT2D eigenvalue weighted by Gasteiger charge is 2.46. The van der Waals surface area contributed by atoms with E-state index < -0.39 is 24.2 Å². The minimum absolute atomic E-state index is 0.0149. The summed E-state index contributed by atoms with van der Waals surface area (Å²) in [5.41, 5.74) is 1.67. The maximum atomic E-state index is 13.8. The predicted octanol–water partition coefficient (Wildman–Crippen LogP) is 4.82. The van der Waals surface area contributed by atoms with Gasteiger partial charge in [-0.15, -0.1) is 0 Å². The lowest BCUT2D eigenvalue weighted by Gasteiger charge is -2.33. The van der Waals surface area contributed by atoms with E-state index in [1.54, 1.807) is 31.3 Å². The number of amides is 1. The normalized spacial score (nSPS) is 18.4. The number of benzene rings is 2. The zero-order chi connectivity index (χ0) is 21.3. The summed E-state index contributed by atoms with van der Waals surface area (Å²) in [5, 5.41) is 7.14. The molecule has 0 unspecified atom stereocenters. The summed E-state index contributed by atoms with van der Waals surface area (Å²) in [6, 6.07) is 17.4. The highest BCUT2D eigenvalue weighted by Crippen LogP contribution is 2.43. The first kappa shape index (κ1) is 20.0. The Kier molecular flexibility index (Phi) is 5.24. The fraction of sp³-hybridized carbons (Fsp3) is 0.273. The standard InChI is InChI=1S/C22H21F3N4O/c1-28(14-15-8-4-2-5-9-15)21(30)18-13-20-26-17(16-10-6-3-7-11-16)12-19(22(23,24)25)29(20)27-18/h2-11,13,17,19,26H,12,14H2,1H3/t17-,19+/m0/s1. The van der Waals surface area contributed by atoms with Crippen molar-refractivity contribution < 1.29 is 18.0 Å². The third-order valence-electron chi connectivity index (χ3n) is 5.22. The average Bonchev–Trinajstić information content (AvgIpc) is 3.17. The highest BCUT2D eigenvalue weighted by atomic mass is 19.4. The largest absolute Gasteiger partial charge is 0.410 e. The number of aromatic nitrogens is 2. The van der Waals surface area contributed by atoms with Gasteiger partial charge in [-0.3, -0.25) is 4.79 Å². The molecular weight excluding hydrogens is 393 g/mol. The molecule has 1 amide bonds. The van der Waals surface area contributed by atoms with Gasteiger partial charge < -0.3 is 10.2 Å². The molecule has 0 bridgehead atoms. The van der Waals surface area contributed by atoms with Crippen molar-refractivity contribution in [1.29, 1.82) is 0 Å². The molecule has 5 nitrogen and oxygen atoms in total. The molecule has 1 aliphatic heterocycles. The molecule has 0 spiro atoms. The number of halogens is 3. The summed E-state index contributed by atoms with van der Waals surface area (Å²) in [7, 11) is 1.61. The first-order valence-electron chi connectivity index (χ1n) is 9.60. The van der Waals surface area contributed by atoms with Crippen molar-refractivity contribution >= 4 is 11.7 Å². The molecular formula is C22H21F3N4O. The smallest absolute Gasteiger partial charge is 0.363 e. The Bertz CT molecular complexity index is 1020. The number of carbonyl (C=O) groups excluding carboxylic acids is 1. The van der Waals surface area contributed by atoms with Crippen LogP contribution in [0.15, 0.2) is 66.7 Å². The van der Waals surface area contributed by atoms with Crippen LogP contribution in [0.3, 0.4) is 0 Å². The van der Waals surface area contributed by atoms with Crippen molar-refractivity contribution in [3.05, 3.63) is 83.6 Å². The van der Waals surface area contributed by atoms with Crippen LogP contribution in [0.4, 0.5) is 19.0 Å². The number of nitrogens with one attached hydrogen (secondary N) is 1. The number of nitrogens with zero attached hydrogens (tertiary/aromatic N) is 3. The van der Waals surface area contributed by atoms with Crippen molar-refractivity contribution in [2.24, 2.45) is 0 Å². The molecule has 30 heavy (non-hydrogen) atoms. The van der Waals surface area contributed by atoms with Crippen LogP contribution in [0.25, 0.3) is 0 Å². The van der Waals surface area contributed by atoms with Crippen molar-refractivity contribution in [3.63, 3.8) is 0 Å². The van der Waals surface area contributed by atoms with E-state index in [1.165, 1.54) is 11.0 Å². The number of rotatable bonds is 4. The summed E-state index contributed by atoms with van der Waals surface area (Å²) in [5.74, 6) is -0.242. The number of hydrogen-bond donors (Lipinski definition) is 1. The molecule has 0 saturated heterocycles. The van der Waals surface area contributed by atoms with E-state index in [-0.39, 0.29) is 17.9 Å². The highest BCUT2D eigenvalue weighted by molar-refractivity contribution is 5.93. The van der Waals surface area contributed by atoms with Gasteiger partial charge in [-0.1, -0.05) is 60.7 Å². The molecule has 0 fully saturated rings. The van der Waals surface area contributed by atoms with Gasteiger partial charge in [0.25, 0.3) is 5.91 Å². The lowest BCUT2D eigenvalue weighted by Crippen LogP contribution is -2.35. The van der Waals surface area contributed by atoms with Gasteiger partial charge >= 0.3 is 6.18 Å². The molecule has 2 heterocycles. The number of hydrogen-bond acceptors (Lipinski definition) is 3. The van der Waals surface area contributed by atoms with Crippen LogP contribution >= 0.6 is 0 Å². The van der Waals surface area contributed by atoms with Gasteiger partial charge in [-0.05, 0) is 11.1 Å². The van der Waals surface area contributed by atoms with Gasteiger partial charge in [-0.2, -0.15) is 18.3 Å². The quantitative estimate of drug-likeness (QED) is 0.666. The number of carbonyl (C=O) groups is 1. The number of fused-ring (bicyclic) bond motifs is 1. The van der Waals surface area contributed by atoms with E-state index in [0.717, 1.165) is 15.8 Å². The van der Waals surface area contributed by atoms with E-state index >= 15 is 0 Å². The second-order valence-corrected chi connectivity index (χ2v) is 7.41. The van der Waals surface area contributed by atoms with Crippen LogP contribution in [0.5, 0.6) is 0 Å². The van der Waals surface area contributed by atoms with Crippen molar-refractivity contribution in [3.8, 4) is 0 Å². The molecule has 4 rings (SSSR count). The van der Waals surface area contributed by atoms with Crippen LogP contribution in [-0.2, 0) is 6.54 Å². The van der Waals surface area contributed by atoms with Crippen molar-refractivity contribution in [1.82, 2.24) is 14.7 Å². The van der Waals surface area contributed by atoms with Crippen molar-refractivity contribution in [2.75, 3.05) is 12.4 Å². The first-order chi connectivity index (χ1) is 14.3. The Balaban J connectivity index is 1.61. The molecule has 1 aromatic heterocycles. The molecule has 156 valence electrons. The van der Waals surface area contributed by atoms with Gasteiger partial charge in [0.05, 0.1) is 6.04 Å². The van der Waals surface area contributed by atoms with E-state index in [4.69, 9.17) is 0 Å². The topological polar surface area (TPSA) is 50.2 Å². The number of anilines is 1. The van der Waals surface area contributed by atoms with E-state index in [9.17, 15) is 18.0 Å². The predicted molar refractivity (Wildman–Crippen MR) is 107 cm³/mol. The summed E-state index contributed by atoms with van der Waals surface area (Å²) in [6.45, 7) is 0.338. The summed E-state index contributed by atoms with van der Waals surface area (Å²) in [6.07, 6.45) is -4.68. The summed E-state index contributed by atoms with van der Waals surface area (Å²) < 4.78 is 42.2. The molecule has 8 heteroatoms. The fourth-order valence-corrected chi connectivity index (χ4v) is 3.71. The molecule has 0 aliphatic carbocycles. The Morgan fingerprint density at radius 1 is 1.13 bits per heavy atom. The molecule has 1 N–H and O–H groups in total. The van der Waals surface area contributed by atoms with Gasteiger partial charge in [0.2, 0.25) is 0 Å². The maximum Gasteiger partial charge on any atom is 0.410 e. The maximum absolute atomic E-state index is 13.8. The minimum atomic E-state index is -4.48. The van der Waals surface area contributed by atoms with Crippen LogP contribution in [0, 0.1) is 0 Å². The average molecular weight is 414 g/mol. The lowest BCUT2D eigenvalue weighted by atomic mass is 9.97. The molecule has 3 aromatic rings. The van der Waals surface area contributed by atoms with E-state index in [1.807, 2.05) is 36.4 Å². The fourth-order valence-electron chi connectivity index (χ4n) is 3.71. The zero-order valence-corrected chi connectivity index (χ0v) is 16.3. The van der Waals surface area contributed by atoms with Gasteiger partial charge in [0.1, 0.15) is 5.82 Å². The van der Waals surface area contributed by atoms with Gasteiger partial charge in [0, 0.05) is 26.1 Å². The Hall–Kier alpha value is -3.29. The zero-order valence-electron chi connectivity index (χ0n) is 16.3. The molecule has 2 atom stereocenters. The number of alkyl halides is 3.